The Kier molecular flexibility index (Phi) is 2.83. The van der Waals surface area contributed by atoms with Crippen LogP contribution in [0.2, 0.25) is 0 Å². The molecule has 20 heavy (non-hydrogen) atoms. The number of para-hydroxylation sites is 1. The van der Waals surface area contributed by atoms with E-state index in [4.69, 9.17) is 5.73 Å². The monoisotopic (exact) mass is 270 g/mol. The zero-order valence-corrected chi connectivity index (χ0v) is 11.9. The van der Waals surface area contributed by atoms with Crippen LogP contribution >= 0.6 is 0 Å². The van der Waals surface area contributed by atoms with Gasteiger partial charge in [-0.25, -0.2) is 4.68 Å². The van der Waals surface area contributed by atoms with Gasteiger partial charge < -0.3 is 5.73 Å². The average Bonchev–Trinajstić information content (AvgIpc) is 2.97. The molecule has 0 saturated heterocycles. The second-order valence-corrected chi connectivity index (χ2v) is 5.61. The van der Waals surface area contributed by atoms with Gasteiger partial charge in [0.2, 0.25) is 0 Å². The number of fused-ring (bicyclic) bond motifs is 1. The molecule has 104 valence electrons. The van der Waals surface area contributed by atoms with E-state index in [1.165, 1.54) is 0 Å². The van der Waals surface area contributed by atoms with Crippen molar-refractivity contribution in [3.63, 3.8) is 0 Å². The fourth-order valence-electron chi connectivity index (χ4n) is 2.23. The first kappa shape index (κ1) is 12.8. The van der Waals surface area contributed by atoms with Crippen molar-refractivity contribution >= 4 is 10.9 Å². The number of benzene rings is 1. The molecule has 0 radical (unpaired) electrons. The van der Waals surface area contributed by atoms with Gasteiger partial charge in [0.15, 0.2) is 0 Å². The number of aryl methyl sites for hydroxylation is 1. The van der Waals surface area contributed by atoms with Crippen LogP contribution in [0.4, 0.5) is 0 Å². The molecule has 1 aromatic carbocycles. The van der Waals surface area contributed by atoms with Crippen molar-refractivity contribution in [2.24, 2.45) is 12.8 Å². The Bertz CT molecular complexity index is 746. The third-order valence-electron chi connectivity index (χ3n) is 3.34. The lowest BCUT2D eigenvalue weighted by Gasteiger charge is -2.13. The number of nitrogens with two attached hydrogens (primary N) is 1. The zero-order valence-electron chi connectivity index (χ0n) is 11.9. The molecule has 0 atom stereocenters. The van der Waals surface area contributed by atoms with E-state index >= 15 is 0 Å². The maximum atomic E-state index is 6.02. The van der Waals surface area contributed by atoms with Crippen LogP contribution in [0.15, 0.2) is 30.5 Å². The van der Waals surface area contributed by atoms with E-state index < -0.39 is 5.54 Å². The van der Waals surface area contributed by atoms with Crippen molar-refractivity contribution in [2.75, 3.05) is 0 Å². The summed E-state index contributed by atoms with van der Waals surface area (Å²) in [6.45, 7) is 4.42. The summed E-state index contributed by atoms with van der Waals surface area (Å²) in [4.78, 5) is 0. The highest BCUT2D eigenvalue weighted by Crippen LogP contribution is 2.19. The second-order valence-electron chi connectivity index (χ2n) is 5.61. The molecule has 0 aliphatic carbocycles. The molecule has 0 unspecified atom stereocenters. The van der Waals surface area contributed by atoms with E-state index in [9.17, 15) is 0 Å². The van der Waals surface area contributed by atoms with Gasteiger partial charge in [0.1, 0.15) is 5.69 Å². The molecule has 6 nitrogen and oxygen atoms in total. The van der Waals surface area contributed by atoms with Gasteiger partial charge in [-0.15, -0.1) is 5.10 Å². The Morgan fingerprint density at radius 1 is 1.25 bits per heavy atom. The van der Waals surface area contributed by atoms with Crippen molar-refractivity contribution in [3.05, 3.63) is 41.9 Å². The molecule has 0 spiro atoms. The lowest BCUT2D eigenvalue weighted by Crippen LogP contribution is -2.29. The molecule has 0 aliphatic rings. The normalized spacial score (nSPS) is 12.2. The standard InChI is InChI=1S/C14H18N6/c1-14(2,15)13-9-20(18-16-13)8-11-10-6-4-5-7-12(10)19(3)17-11/h4-7,9H,8,15H2,1-3H3. The van der Waals surface area contributed by atoms with Crippen LogP contribution in [0.25, 0.3) is 10.9 Å². The smallest absolute Gasteiger partial charge is 0.102 e. The van der Waals surface area contributed by atoms with Gasteiger partial charge in [0.05, 0.1) is 29.5 Å². The van der Waals surface area contributed by atoms with E-state index in [0.29, 0.717) is 6.54 Å². The average molecular weight is 270 g/mol. The maximum absolute atomic E-state index is 6.02. The van der Waals surface area contributed by atoms with Crippen LogP contribution in [0.1, 0.15) is 25.2 Å². The molecule has 3 aromatic rings. The molecule has 2 N–H and O–H groups in total. The first-order valence-electron chi connectivity index (χ1n) is 6.55. The Labute approximate surface area is 117 Å². The summed E-state index contributed by atoms with van der Waals surface area (Å²) in [6.07, 6.45) is 1.88. The van der Waals surface area contributed by atoms with Crippen molar-refractivity contribution in [3.8, 4) is 0 Å². The fraction of sp³-hybridized carbons (Fsp3) is 0.357. The molecule has 0 aliphatic heterocycles. The second kappa shape index (κ2) is 4.42. The lowest BCUT2D eigenvalue weighted by molar-refractivity contribution is 0.533. The van der Waals surface area contributed by atoms with Gasteiger partial charge in [0, 0.05) is 12.4 Å². The van der Waals surface area contributed by atoms with E-state index in [0.717, 1.165) is 22.3 Å². The molecule has 6 heteroatoms. The van der Waals surface area contributed by atoms with Gasteiger partial charge in [0.25, 0.3) is 0 Å². The Morgan fingerprint density at radius 2 is 2.00 bits per heavy atom. The van der Waals surface area contributed by atoms with Crippen LogP contribution in [0.5, 0.6) is 0 Å². The number of hydrogen-bond acceptors (Lipinski definition) is 4. The number of aromatic nitrogens is 5. The molecule has 0 bridgehead atoms. The summed E-state index contributed by atoms with van der Waals surface area (Å²) < 4.78 is 3.66. The summed E-state index contributed by atoms with van der Waals surface area (Å²) in [6, 6.07) is 8.16. The predicted molar refractivity (Wildman–Crippen MR) is 77.1 cm³/mol. The minimum atomic E-state index is -0.482. The first-order chi connectivity index (χ1) is 9.45. The van der Waals surface area contributed by atoms with Gasteiger partial charge in [-0.2, -0.15) is 5.10 Å². The Hall–Kier alpha value is -2.21. The van der Waals surface area contributed by atoms with Crippen molar-refractivity contribution in [1.29, 1.82) is 0 Å². The van der Waals surface area contributed by atoms with Crippen LogP contribution < -0.4 is 5.73 Å². The van der Waals surface area contributed by atoms with E-state index in [-0.39, 0.29) is 0 Å². The Morgan fingerprint density at radius 3 is 2.70 bits per heavy atom. The minimum Gasteiger partial charge on any atom is -0.320 e. The van der Waals surface area contributed by atoms with Crippen LogP contribution in [-0.2, 0) is 19.1 Å². The highest BCUT2D eigenvalue weighted by atomic mass is 15.4. The number of nitrogens with zero attached hydrogens (tertiary/aromatic N) is 5. The van der Waals surface area contributed by atoms with Gasteiger partial charge in [-0.05, 0) is 19.9 Å². The van der Waals surface area contributed by atoms with Crippen LogP contribution in [0, 0.1) is 0 Å². The van der Waals surface area contributed by atoms with Crippen molar-refractivity contribution in [2.45, 2.75) is 25.9 Å². The van der Waals surface area contributed by atoms with Gasteiger partial charge in [-0.1, -0.05) is 23.4 Å². The molecule has 0 amide bonds. The van der Waals surface area contributed by atoms with E-state index in [1.807, 2.05) is 43.9 Å². The van der Waals surface area contributed by atoms with Crippen LogP contribution in [-0.4, -0.2) is 24.8 Å². The predicted octanol–water partition coefficient (Wildman–Crippen LogP) is 1.41. The molecular weight excluding hydrogens is 252 g/mol. The number of hydrogen-bond donors (Lipinski definition) is 1. The third-order valence-corrected chi connectivity index (χ3v) is 3.34. The summed E-state index contributed by atoms with van der Waals surface area (Å²) in [5.41, 5.74) is 8.41. The summed E-state index contributed by atoms with van der Waals surface area (Å²) in [7, 11) is 1.95. The lowest BCUT2D eigenvalue weighted by atomic mass is 10.0. The summed E-state index contributed by atoms with van der Waals surface area (Å²) >= 11 is 0. The van der Waals surface area contributed by atoms with Gasteiger partial charge in [-0.3, -0.25) is 4.68 Å². The topological polar surface area (TPSA) is 74.5 Å². The quantitative estimate of drug-likeness (QED) is 0.780. The molecule has 0 fully saturated rings. The molecule has 3 rings (SSSR count). The van der Waals surface area contributed by atoms with Crippen molar-refractivity contribution in [1.82, 2.24) is 24.8 Å². The highest BCUT2D eigenvalue weighted by Gasteiger charge is 2.19. The minimum absolute atomic E-state index is 0.482. The highest BCUT2D eigenvalue weighted by molar-refractivity contribution is 5.81. The van der Waals surface area contributed by atoms with Crippen molar-refractivity contribution < 1.29 is 0 Å². The van der Waals surface area contributed by atoms with E-state index in [2.05, 4.69) is 27.5 Å². The Balaban J connectivity index is 1.96. The summed E-state index contributed by atoms with van der Waals surface area (Å²) in [5.74, 6) is 0. The van der Waals surface area contributed by atoms with Gasteiger partial charge >= 0.3 is 0 Å². The van der Waals surface area contributed by atoms with E-state index in [1.54, 1.807) is 4.68 Å². The first-order valence-corrected chi connectivity index (χ1v) is 6.55. The SMILES string of the molecule is Cn1nc(Cn2cc(C(C)(C)N)nn2)c2ccccc21. The molecule has 2 heterocycles. The molecule has 2 aromatic heterocycles. The molecule has 0 saturated carbocycles. The summed E-state index contributed by atoms with van der Waals surface area (Å²) in [5, 5.41) is 13.9. The van der Waals surface area contributed by atoms with Crippen LogP contribution in [0.3, 0.4) is 0 Å². The zero-order chi connectivity index (χ0) is 14.3. The molecular formula is C14H18N6. The maximum Gasteiger partial charge on any atom is 0.102 e. The third kappa shape index (κ3) is 2.18. The largest absolute Gasteiger partial charge is 0.320 e. The number of rotatable bonds is 3. The fourth-order valence-corrected chi connectivity index (χ4v) is 2.23.